The Morgan fingerprint density at radius 2 is 1.56 bits per heavy atom. The third-order valence-electron chi connectivity index (χ3n) is 8.84. The number of carbonyl (C=O) groups excluding carboxylic acids is 2. The lowest BCUT2D eigenvalue weighted by Crippen LogP contribution is -2.54. The van der Waals surface area contributed by atoms with Crippen LogP contribution in [-0.4, -0.2) is 40.2 Å². The van der Waals surface area contributed by atoms with Crippen molar-refractivity contribution in [1.82, 2.24) is 9.29 Å². The lowest BCUT2D eigenvalue weighted by Gasteiger charge is -2.45. The highest BCUT2D eigenvalue weighted by Crippen LogP contribution is 2.48. The first-order chi connectivity index (χ1) is 20.0. The van der Waals surface area contributed by atoms with E-state index in [2.05, 4.69) is 17.0 Å². The van der Waals surface area contributed by atoms with Gasteiger partial charge in [-0.3, -0.25) is 13.9 Å². The molecule has 3 fully saturated rings. The van der Waals surface area contributed by atoms with Crippen LogP contribution in [0.1, 0.15) is 80.5 Å². The molecule has 6 nitrogen and oxygen atoms in total. The van der Waals surface area contributed by atoms with Crippen molar-refractivity contribution in [3.05, 3.63) is 88.6 Å². The van der Waals surface area contributed by atoms with E-state index in [9.17, 15) is 9.59 Å². The number of carbonyl (C=O) groups is 2. The number of rotatable bonds is 6. The van der Waals surface area contributed by atoms with Crippen molar-refractivity contribution in [2.45, 2.75) is 75.3 Å². The van der Waals surface area contributed by atoms with Gasteiger partial charge in [0.25, 0.3) is 0 Å². The number of pyridine rings is 1. The maximum atomic E-state index is 14.1. The predicted molar refractivity (Wildman–Crippen MR) is 165 cm³/mol. The van der Waals surface area contributed by atoms with Crippen LogP contribution in [0.25, 0.3) is 0 Å². The lowest BCUT2D eigenvalue weighted by molar-refractivity contribution is -0.142. The number of Topliss-reactive ketones (excluding diaryl/α,β-unsaturated/α-hetero) is 1. The summed E-state index contributed by atoms with van der Waals surface area (Å²) in [5.41, 5.74) is 1.78. The monoisotopic (exact) mass is 589 g/mol. The summed E-state index contributed by atoms with van der Waals surface area (Å²) in [5.74, 6) is -1.15. The van der Waals surface area contributed by atoms with Crippen LogP contribution < -0.4 is 9.64 Å². The number of ether oxygens (including phenoxy) is 1. The summed E-state index contributed by atoms with van der Waals surface area (Å²) >= 11 is 11.3. The molecule has 214 valence electrons. The number of piperidine rings is 2. The molecular weight excluding hydrogens is 554 g/mol. The lowest BCUT2D eigenvalue weighted by atomic mass is 9.74. The van der Waals surface area contributed by atoms with E-state index in [0.29, 0.717) is 22.2 Å². The molecule has 1 amide bonds. The standard InChI is InChI=1S/C33H36ClN3O3S/c34-27-13-6-5-12-26(27)31-28(38)22-33(37(41)32(31)39,23-16-18-24(19-17-23)36-20-7-2-8-21-36)29-14-9-15-30(35-29)40-25-10-3-1-4-11-25/h5-6,9,12-19,25,31,41H,1-4,7-8,10-11,20-22H2. The van der Waals surface area contributed by atoms with Gasteiger partial charge in [-0.25, -0.2) is 4.98 Å². The summed E-state index contributed by atoms with van der Waals surface area (Å²) in [7, 11) is 0. The number of nitrogens with zero attached hydrogens (tertiary/aromatic N) is 3. The molecular formula is C33H36ClN3O3S. The Kier molecular flexibility index (Phi) is 8.27. The number of hydrogen-bond acceptors (Lipinski definition) is 6. The molecule has 2 aromatic carbocycles. The van der Waals surface area contributed by atoms with Crippen LogP contribution in [0.5, 0.6) is 5.88 Å². The summed E-state index contributed by atoms with van der Waals surface area (Å²) in [6.07, 6.45) is 9.29. The minimum atomic E-state index is -1.21. The summed E-state index contributed by atoms with van der Waals surface area (Å²) in [6, 6.07) is 20.8. The van der Waals surface area contributed by atoms with Gasteiger partial charge >= 0.3 is 0 Å². The minimum Gasteiger partial charge on any atom is -0.474 e. The molecule has 0 N–H and O–H groups in total. The van der Waals surface area contributed by atoms with Gasteiger partial charge in [0.1, 0.15) is 17.6 Å². The largest absolute Gasteiger partial charge is 0.474 e. The molecule has 41 heavy (non-hydrogen) atoms. The Hall–Kier alpha value is -3.03. The van der Waals surface area contributed by atoms with E-state index in [1.165, 1.54) is 30.0 Å². The first kappa shape index (κ1) is 28.1. The molecule has 2 atom stereocenters. The van der Waals surface area contributed by atoms with Crippen molar-refractivity contribution in [3.8, 4) is 5.88 Å². The number of ketones is 1. The summed E-state index contributed by atoms with van der Waals surface area (Å²) in [4.78, 5) is 35.4. The molecule has 8 heteroatoms. The van der Waals surface area contributed by atoms with Crippen molar-refractivity contribution in [2.75, 3.05) is 18.0 Å². The molecule has 0 bridgehead atoms. The number of aromatic nitrogens is 1. The van der Waals surface area contributed by atoms with Crippen LogP contribution in [0.2, 0.25) is 5.02 Å². The topological polar surface area (TPSA) is 62.7 Å². The molecule has 2 saturated heterocycles. The van der Waals surface area contributed by atoms with Crippen molar-refractivity contribution >= 4 is 41.8 Å². The molecule has 2 aliphatic heterocycles. The zero-order chi connectivity index (χ0) is 28.4. The number of amides is 1. The fourth-order valence-electron chi connectivity index (χ4n) is 6.63. The molecule has 3 aliphatic rings. The number of halogens is 1. The molecule has 6 rings (SSSR count). The van der Waals surface area contributed by atoms with Gasteiger partial charge in [-0.2, -0.15) is 0 Å². The third-order valence-corrected chi connectivity index (χ3v) is 9.72. The Balaban J connectivity index is 1.41. The molecule has 3 aromatic rings. The molecule has 0 radical (unpaired) electrons. The smallest absolute Gasteiger partial charge is 0.248 e. The van der Waals surface area contributed by atoms with Gasteiger partial charge in [-0.05, 0) is 80.3 Å². The van der Waals surface area contributed by atoms with E-state index in [1.54, 1.807) is 24.3 Å². The normalized spacial score (nSPS) is 24.0. The second-order valence-corrected chi connectivity index (χ2v) is 12.2. The molecule has 0 spiro atoms. The van der Waals surface area contributed by atoms with Crippen LogP contribution in [-0.2, 0) is 15.1 Å². The van der Waals surface area contributed by atoms with E-state index in [4.69, 9.17) is 34.1 Å². The zero-order valence-corrected chi connectivity index (χ0v) is 24.8. The van der Waals surface area contributed by atoms with E-state index in [1.807, 2.05) is 30.3 Å². The maximum absolute atomic E-state index is 14.1. The third kappa shape index (κ3) is 5.46. The van der Waals surface area contributed by atoms with Gasteiger partial charge in [-0.15, -0.1) is 0 Å². The summed E-state index contributed by atoms with van der Waals surface area (Å²) in [6.45, 7) is 2.06. The highest BCUT2D eigenvalue weighted by atomic mass is 35.5. The highest BCUT2D eigenvalue weighted by Gasteiger charge is 2.53. The first-order valence-corrected chi connectivity index (χ1v) is 15.5. The fraction of sp³-hybridized carbons (Fsp3) is 0.424. The van der Waals surface area contributed by atoms with Crippen molar-refractivity contribution < 1.29 is 14.3 Å². The van der Waals surface area contributed by atoms with Crippen molar-refractivity contribution in [2.24, 2.45) is 0 Å². The second-order valence-electron chi connectivity index (χ2n) is 11.4. The van der Waals surface area contributed by atoms with E-state index in [-0.39, 0.29) is 18.3 Å². The Bertz CT molecular complexity index is 1400. The quantitative estimate of drug-likeness (QED) is 0.245. The predicted octanol–water partition coefficient (Wildman–Crippen LogP) is 7.11. The number of thiol groups is 1. The number of anilines is 1. The molecule has 2 unspecified atom stereocenters. The number of benzene rings is 2. The van der Waals surface area contributed by atoms with E-state index in [0.717, 1.165) is 50.0 Å². The van der Waals surface area contributed by atoms with Crippen LogP contribution >= 0.6 is 24.4 Å². The second kappa shape index (κ2) is 12.1. The van der Waals surface area contributed by atoms with Gasteiger partial charge in [0, 0.05) is 36.3 Å². The van der Waals surface area contributed by atoms with Crippen LogP contribution in [0.15, 0.2) is 66.7 Å². The van der Waals surface area contributed by atoms with Crippen LogP contribution in [0, 0.1) is 0 Å². The van der Waals surface area contributed by atoms with E-state index >= 15 is 0 Å². The number of hydrogen-bond donors (Lipinski definition) is 1. The van der Waals surface area contributed by atoms with Crippen LogP contribution in [0.4, 0.5) is 5.69 Å². The van der Waals surface area contributed by atoms with Crippen molar-refractivity contribution in [1.29, 1.82) is 0 Å². The molecule has 3 heterocycles. The van der Waals surface area contributed by atoms with Gasteiger partial charge in [-0.1, -0.05) is 67.2 Å². The van der Waals surface area contributed by atoms with Crippen LogP contribution in [0.3, 0.4) is 0 Å². The fourth-order valence-corrected chi connectivity index (χ4v) is 7.28. The average Bonchev–Trinajstić information content (AvgIpc) is 3.01. The Labute approximate surface area is 252 Å². The van der Waals surface area contributed by atoms with Gasteiger partial charge < -0.3 is 9.64 Å². The maximum Gasteiger partial charge on any atom is 0.248 e. The average molecular weight is 590 g/mol. The van der Waals surface area contributed by atoms with E-state index < -0.39 is 17.4 Å². The Morgan fingerprint density at radius 3 is 2.29 bits per heavy atom. The van der Waals surface area contributed by atoms with Gasteiger partial charge in [0.05, 0.1) is 5.69 Å². The summed E-state index contributed by atoms with van der Waals surface area (Å²) < 4.78 is 7.72. The first-order valence-electron chi connectivity index (χ1n) is 14.8. The minimum absolute atomic E-state index is 0.0150. The highest BCUT2D eigenvalue weighted by molar-refractivity contribution is 7.78. The molecule has 1 aliphatic carbocycles. The molecule has 1 saturated carbocycles. The van der Waals surface area contributed by atoms with Crippen molar-refractivity contribution in [3.63, 3.8) is 0 Å². The molecule has 1 aromatic heterocycles. The Morgan fingerprint density at radius 1 is 0.854 bits per heavy atom. The SMILES string of the molecule is O=C1CC(c2ccc(N3CCCCC3)cc2)(c2cccc(OC3CCCCC3)n2)N(S)C(=O)C1c1ccccc1Cl. The zero-order valence-electron chi connectivity index (χ0n) is 23.2. The van der Waals surface area contributed by atoms with Gasteiger partial charge in [0.15, 0.2) is 5.78 Å². The van der Waals surface area contributed by atoms with Gasteiger partial charge in [0.2, 0.25) is 11.8 Å². The summed E-state index contributed by atoms with van der Waals surface area (Å²) in [5, 5.41) is 0.389.